The zero-order valence-corrected chi connectivity index (χ0v) is 13.9. The molecule has 1 heterocycles. The second-order valence-corrected chi connectivity index (χ2v) is 6.76. The van der Waals surface area contributed by atoms with Crippen molar-refractivity contribution in [2.75, 3.05) is 7.05 Å². The van der Waals surface area contributed by atoms with Gasteiger partial charge in [-0.25, -0.2) is 0 Å². The van der Waals surface area contributed by atoms with Crippen LogP contribution in [0.25, 0.3) is 0 Å². The van der Waals surface area contributed by atoms with Gasteiger partial charge in [-0.1, -0.05) is 0 Å². The van der Waals surface area contributed by atoms with E-state index in [4.69, 9.17) is 26.7 Å². The molecule has 11 N–H and O–H groups in total. The standard InChI is InChI=1S/C14H30N4O6/c1-4(15)12-11(22)9(20)7(17)14(23-12)24-13-5(16)3-6(18-2)8(19)10(13)21/h4-14,18-22H,3,15-17H2,1-2H3/t4?,5?,6-,7?,8-,9-,10?,11+,12?,13-,14-/m1/s1. The van der Waals surface area contributed by atoms with Crippen molar-refractivity contribution in [3.05, 3.63) is 0 Å². The van der Waals surface area contributed by atoms with Crippen molar-refractivity contribution in [1.82, 2.24) is 5.32 Å². The first kappa shape index (κ1) is 19.9. The molecule has 1 aliphatic carbocycles. The molecule has 0 radical (unpaired) electrons. The van der Waals surface area contributed by atoms with Crippen LogP contribution in [0.2, 0.25) is 0 Å². The third-order valence-corrected chi connectivity index (χ3v) is 4.91. The summed E-state index contributed by atoms with van der Waals surface area (Å²) in [6.07, 6.45) is -7.42. The lowest BCUT2D eigenvalue weighted by Gasteiger charge is -2.47. The maximum Gasteiger partial charge on any atom is 0.176 e. The summed E-state index contributed by atoms with van der Waals surface area (Å²) in [5.41, 5.74) is 17.7. The van der Waals surface area contributed by atoms with Gasteiger partial charge in [0.1, 0.15) is 30.5 Å². The Labute approximate surface area is 140 Å². The first-order chi connectivity index (χ1) is 11.2. The van der Waals surface area contributed by atoms with Crippen molar-refractivity contribution in [2.45, 2.75) is 80.4 Å². The highest BCUT2D eigenvalue weighted by molar-refractivity contribution is 5.00. The van der Waals surface area contributed by atoms with Crippen LogP contribution in [0.4, 0.5) is 0 Å². The number of hydrogen-bond donors (Lipinski definition) is 8. The van der Waals surface area contributed by atoms with E-state index in [9.17, 15) is 20.4 Å². The Hall–Kier alpha value is -0.400. The molecule has 0 bridgehead atoms. The van der Waals surface area contributed by atoms with E-state index >= 15 is 0 Å². The molecule has 10 nitrogen and oxygen atoms in total. The zero-order valence-electron chi connectivity index (χ0n) is 13.9. The predicted molar refractivity (Wildman–Crippen MR) is 84.6 cm³/mol. The van der Waals surface area contributed by atoms with Crippen molar-refractivity contribution in [3.63, 3.8) is 0 Å². The van der Waals surface area contributed by atoms with Crippen molar-refractivity contribution < 1.29 is 29.9 Å². The van der Waals surface area contributed by atoms with Crippen molar-refractivity contribution in [3.8, 4) is 0 Å². The minimum atomic E-state index is -1.30. The second-order valence-electron chi connectivity index (χ2n) is 6.76. The van der Waals surface area contributed by atoms with Crippen LogP contribution >= 0.6 is 0 Å². The first-order valence-corrected chi connectivity index (χ1v) is 8.16. The van der Waals surface area contributed by atoms with Crippen LogP contribution in [0.3, 0.4) is 0 Å². The van der Waals surface area contributed by atoms with E-state index in [1.165, 1.54) is 0 Å². The number of nitrogens with one attached hydrogen (secondary N) is 1. The normalized spacial score (nSPS) is 51.4. The van der Waals surface area contributed by atoms with Gasteiger partial charge in [-0.2, -0.15) is 0 Å². The average Bonchev–Trinajstić information content (AvgIpc) is 2.54. The highest BCUT2D eigenvalue weighted by Crippen LogP contribution is 2.28. The first-order valence-electron chi connectivity index (χ1n) is 8.16. The van der Waals surface area contributed by atoms with Gasteiger partial charge in [-0.05, 0) is 20.4 Å². The van der Waals surface area contributed by atoms with Gasteiger partial charge in [0.2, 0.25) is 0 Å². The van der Waals surface area contributed by atoms with Crippen LogP contribution in [-0.4, -0.2) is 94.6 Å². The Morgan fingerprint density at radius 2 is 1.71 bits per heavy atom. The van der Waals surface area contributed by atoms with Gasteiger partial charge in [-0.15, -0.1) is 0 Å². The van der Waals surface area contributed by atoms with Crippen LogP contribution in [0.5, 0.6) is 0 Å². The largest absolute Gasteiger partial charge is 0.389 e. The third-order valence-electron chi connectivity index (χ3n) is 4.91. The van der Waals surface area contributed by atoms with Crippen LogP contribution in [0.1, 0.15) is 13.3 Å². The van der Waals surface area contributed by atoms with Gasteiger partial charge in [0.25, 0.3) is 0 Å². The molecule has 0 spiro atoms. The van der Waals surface area contributed by atoms with Crippen molar-refractivity contribution >= 4 is 0 Å². The average molecular weight is 350 g/mol. The van der Waals surface area contributed by atoms with Crippen LogP contribution in [-0.2, 0) is 9.47 Å². The number of hydrogen-bond acceptors (Lipinski definition) is 10. The maximum atomic E-state index is 10.3. The molecule has 24 heavy (non-hydrogen) atoms. The summed E-state index contributed by atoms with van der Waals surface area (Å²) >= 11 is 0. The van der Waals surface area contributed by atoms with Crippen LogP contribution in [0, 0.1) is 0 Å². The molecule has 0 amide bonds. The fraction of sp³-hybridized carbons (Fsp3) is 1.00. The number of likely N-dealkylation sites (N-methyl/N-ethyl adjacent to an activating group) is 1. The predicted octanol–water partition coefficient (Wildman–Crippen LogP) is -4.47. The smallest absolute Gasteiger partial charge is 0.176 e. The minimum Gasteiger partial charge on any atom is -0.389 e. The number of ether oxygens (including phenoxy) is 2. The fourth-order valence-corrected chi connectivity index (χ4v) is 3.34. The van der Waals surface area contributed by atoms with Crippen molar-refractivity contribution in [1.29, 1.82) is 0 Å². The van der Waals surface area contributed by atoms with Gasteiger partial charge >= 0.3 is 0 Å². The summed E-state index contributed by atoms with van der Waals surface area (Å²) in [5.74, 6) is 0. The molecule has 2 fully saturated rings. The molecular weight excluding hydrogens is 320 g/mol. The highest BCUT2D eigenvalue weighted by Gasteiger charge is 2.49. The second kappa shape index (κ2) is 7.87. The minimum absolute atomic E-state index is 0.361. The van der Waals surface area contributed by atoms with Gasteiger partial charge in [-0.3, -0.25) is 0 Å². The molecule has 0 aromatic carbocycles. The summed E-state index contributed by atoms with van der Waals surface area (Å²) in [6, 6.07) is -2.56. The van der Waals surface area contributed by atoms with E-state index in [0.29, 0.717) is 6.42 Å². The monoisotopic (exact) mass is 350 g/mol. The Morgan fingerprint density at radius 1 is 1.08 bits per heavy atom. The summed E-state index contributed by atoms with van der Waals surface area (Å²) in [5, 5.41) is 43.4. The zero-order chi connectivity index (χ0) is 18.2. The van der Waals surface area contributed by atoms with E-state index in [2.05, 4.69) is 5.32 Å². The summed E-state index contributed by atoms with van der Waals surface area (Å²) in [4.78, 5) is 0. The van der Waals surface area contributed by atoms with E-state index < -0.39 is 61.0 Å². The Balaban J connectivity index is 2.10. The number of aliphatic hydroxyl groups excluding tert-OH is 4. The summed E-state index contributed by atoms with van der Waals surface area (Å²) < 4.78 is 11.3. The third kappa shape index (κ3) is 3.73. The molecule has 2 aliphatic rings. The Morgan fingerprint density at radius 3 is 2.25 bits per heavy atom. The van der Waals surface area contributed by atoms with Gasteiger partial charge in [0.05, 0.1) is 12.1 Å². The molecule has 1 saturated carbocycles. The van der Waals surface area contributed by atoms with Crippen molar-refractivity contribution in [2.24, 2.45) is 17.2 Å². The van der Waals surface area contributed by atoms with Gasteiger partial charge < -0.3 is 52.4 Å². The van der Waals surface area contributed by atoms with E-state index in [0.717, 1.165) is 0 Å². The van der Waals surface area contributed by atoms with E-state index in [-0.39, 0.29) is 6.04 Å². The number of aliphatic hydroxyl groups is 4. The SMILES string of the molecule is CN[C@@H]1CC(N)[C@@H](O[C@H]2OC(C(C)N)[C@@H](O)[C@H](O)C2N)C(O)[C@@H]1O. The summed E-state index contributed by atoms with van der Waals surface area (Å²) in [7, 11) is 1.67. The van der Waals surface area contributed by atoms with Crippen LogP contribution < -0.4 is 22.5 Å². The van der Waals surface area contributed by atoms with Gasteiger partial charge in [0, 0.05) is 18.1 Å². The molecule has 1 aliphatic heterocycles. The molecule has 11 atom stereocenters. The van der Waals surface area contributed by atoms with Gasteiger partial charge in [0.15, 0.2) is 6.29 Å². The highest BCUT2D eigenvalue weighted by atomic mass is 16.7. The van der Waals surface area contributed by atoms with Crippen LogP contribution in [0.15, 0.2) is 0 Å². The number of nitrogens with two attached hydrogens (primary N) is 3. The lowest BCUT2D eigenvalue weighted by Crippen LogP contribution is -2.68. The summed E-state index contributed by atoms with van der Waals surface area (Å²) in [6.45, 7) is 1.62. The van der Waals surface area contributed by atoms with E-state index in [1.807, 2.05) is 0 Å². The molecule has 142 valence electrons. The quantitative estimate of drug-likeness (QED) is 0.245. The lowest BCUT2D eigenvalue weighted by atomic mass is 9.84. The molecule has 0 aromatic rings. The molecule has 2 rings (SSSR count). The van der Waals surface area contributed by atoms with E-state index in [1.54, 1.807) is 14.0 Å². The Kier molecular flexibility index (Phi) is 6.53. The maximum absolute atomic E-state index is 10.3. The molecule has 10 heteroatoms. The molecular formula is C14H30N4O6. The molecule has 1 saturated heterocycles. The fourth-order valence-electron chi connectivity index (χ4n) is 3.34. The molecule has 5 unspecified atom stereocenters. The Bertz CT molecular complexity index is 417. The lowest BCUT2D eigenvalue weighted by molar-refractivity contribution is -0.292. The molecule has 0 aromatic heterocycles. The number of rotatable bonds is 4. The topological polar surface area (TPSA) is 189 Å².